The van der Waals surface area contributed by atoms with E-state index in [-0.39, 0.29) is 0 Å². The largest absolute Gasteiger partial charge is 0.316 e. The molecule has 0 spiro atoms. The molecule has 17 heavy (non-hydrogen) atoms. The SMILES string of the molecule is C/C(=C/CCNCC(C)C)Cc1ccn(C)n1. The van der Waals surface area contributed by atoms with E-state index in [1.54, 1.807) is 0 Å². The van der Waals surface area contributed by atoms with Gasteiger partial charge < -0.3 is 5.32 Å². The lowest BCUT2D eigenvalue weighted by Crippen LogP contribution is -2.20. The van der Waals surface area contributed by atoms with Crippen LogP contribution in [0.2, 0.25) is 0 Å². The summed E-state index contributed by atoms with van der Waals surface area (Å²) in [6.45, 7) is 8.81. The topological polar surface area (TPSA) is 29.9 Å². The van der Waals surface area contributed by atoms with Crippen LogP contribution in [-0.4, -0.2) is 22.9 Å². The summed E-state index contributed by atoms with van der Waals surface area (Å²) < 4.78 is 1.85. The van der Waals surface area contributed by atoms with Gasteiger partial charge in [-0.05, 0) is 38.4 Å². The second-order valence-corrected chi connectivity index (χ2v) is 5.09. The summed E-state index contributed by atoms with van der Waals surface area (Å²) in [4.78, 5) is 0. The molecule has 1 aromatic rings. The highest BCUT2D eigenvalue weighted by Crippen LogP contribution is 2.05. The fraction of sp³-hybridized carbons (Fsp3) is 0.643. The van der Waals surface area contributed by atoms with Gasteiger partial charge in [0.2, 0.25) is 0 Å². The number of aromatic nitrogens is 2. The summed E-state index contributed by atoms with van der Waals surface area (Å²) in [5.41, 5.74) is 2.55. The molecule has 3 nitrogen and oxygen atoms in total. The maximum Gasteiger partial charge on any atom is 0.0664 e. The standard InChI is InChI=1S/C14H25N3/c1-12(2)11-15-8-5-6-13(3)10-14-7-9-17(4)16-14/h6-7,9,12,15H,5,8,10-11H2,1-4H3/b13-6-. The molecule has 0 aliphatic carbocycles. The average molecular weight is 235 g/mol. The number of hydrogen-bond donors (Lipinski definition) is 1. The average Bonchev–Trinajstić information content (AvgIpc) is 2.63. The lowest BCUT2D eigenvalue weighted by atomic mass is 10.1. The summed E-state index contributed by atoms with van der Waals surface area (Å²) in [6.07, 6.45) is 6.37. The Bertz CT molecular complexity index is 350. The zero-order valence-electron chi connectivity index (χ0n) is 11.5. The first-order valence-corrected chi connectivity index (χ1v) is 6.43. The molecule has 0 unspecified atom stereocenters. The highest BCUT2D eigenvalue weighted by Gasteiger charge is 1.98. The fourth-order valence-electron chi connectivity index (χ4n) is 1.73. The summed E-state index contributed by atoms with van der Waals surface area (Å²) in [5.74, 6) is 0.730. The van der Waals surface area contributed by atoms with Crippen LogP contribution in [0.15, 0.2) is 23.9 Å². The van der Waals surface area contributed by atoms with Crippen LogP contribution in [0.5, 0.6) is 0 Å². The molecule has 0 saturated heterocycles. The van der Waals surface area contributed by atoms with E-state index in [1.165, 1.54) is 5.57 Å². The number of nitrogens with zero attached hydrogens (tertiary/aromatic N) is 2. The molecule has 1 heterocycles. The molecule has 0 aliphatic heterocycles. The first-order valence-electron chi connectivity index (χ1n) is 6.43. The maximum absolute atomic E-state index is 4.38. The molecule has 1 N–H and O–H groups in total. The Hall–Kier alpha value is -1.09. The van der Waals surface area contributed by atoms with Gasteiger partial charge in [-0.1, -0.05) is 25.5 Å². The Kier molecular flexibility index (Phi) is 5.98. The minimum absolute atomic E-state index is 0.730. The Morgan fingerprint density at radius 3 is 2.88 bits per heavy atom. The van der Waals surface area contributed by atoms with Gasteiger partial charge in [0.1, 0.15) is 0 Å². The quantitative estimate of drug-likeness (QED) is 0.581. The maximum atomic E-state index is 4.38. The predicted molar refractivity (Wildman–Crippen MR) is 73.0 cm³/mol. The van der Waals surface area contributed by atoms with E-state index in [0.717, 1.165) is 37.5 Å². The third-order valence-electron chi connectivity index (χ3n) is 2.60. The number of rotatable bonds is 7. The van der Waals surface area contributed by atoms with Crippen LogP contribution >= 0.6 is 0 Å². The molecular weight excluding hydrogens is 210 g/mol. The minimum Gasteiger partial charge on any atom is -0.316 e. The van der Waals surface area contributed by atoms with Crippen LogP contribution in [0.3, 0.4) is 0 Å². The lowest BCUT2D eigenvalue weighted by Gasteiger charge is -2.05. The van der Waals surface area contributed by atoms with Crippen LogP contribution in [-0.2, 0) is 13.5 Å². The highest BCUT2D eigenvalue weighted by atomic mass is 15.2. The van der Waals surface area contributed by atoms with E-state index < -0.39 is 0 Å². The zero-order valence-corrected chi connectivity index (χ0v) is 11.5. The molecule has 1 aromatic heterocycles. The molecule has 0 aromatic carbocycles. The van der Waals surface area contributed by atoms with E-state index in [2.05, 4.69) is 43.3 Å². The Morgan fingerprint density at radius 2 is 2.29 bits per heavy atom. The van der Waals surface area contributed by atoms with Crippen molar-refractivity contribution in [3.63, 3.8) is 0 Å². The number of nitrogens with one attached hydrogen (secondary N) is 1. The number of aryl methyl sites for hydroxylation is 1. The smallest absolute Gasteiger partial charge is 0.0664 e. The minimum atomic E-state index is 0.730. The van der Waals surface area contributed by atoms with Gasteiger partial charge in [0, 0.05) is 19.7 Å². The van der Waals surface area contributed by atoms with Gasteiger partial charge in [0.15, 0.2) is 0 Å². The summed E-state index contributed by atoms with van der Waals surface area (Å²) in [7, 11) is 1.96. The molecule has 96 valence electrons. The lowest BCUT2D eigenvalue weighted by molar-refractivity contribution is 0.556. The van der Waals surface area contributed by atoms with Crippen molar-refractivity contribution in [2.45, 2.75) is 33.6 Å². The van der Waals surface area contributed by atoms with Crippen molar-refractivity contribution >= 4 is 0 Å². The van der Waals surface area contributed by atoms with Crippen LogP contribution in [0.1, 0.15) is 32.9 Å². The molecule has 3 heteroatoms. The Morgan fingerprint density at radius 1 is 1.53 bits per heavy atom. The molecule has 0 atom stereocenters. The fourth-order valence-corrected chi connectivity index (χ4v) is 1.73. The highest BCUT2D eigenvalue weighted by molar-refractivity contribution is 5.11. The van der Waals surface area contributed by atoms with Gasteiger partial charge in [-0.2, -0.15) is 5.10 Å². The van der Waals surface area contributed by atoms with Crippen molar-refractivity contribution in [1.82, 2.24) is 15.1 Å². The van der Waals surface area contributed by atoms with E-state index in [9.17, 15) is 0 Å². The van der Waals surface area contributed by atoms with Gasteiger partial charge >= 0.3 is 0 Å². The monoisotopic (exact) mass is 235 g/mol. The van der Waals surface area contributed by atoms with Crippen LogP contribution in [0.4, 0.5) is 0 Å². The van der Waals surface area contributed by atoms with Crippen molar-refractivity contribution < 1.29 is 0 Å². The van der Waals surface area contributed by atoms with Crippen LogP contribution < -0.4 is 5.32 Å². The predicted octanol–water partition coefficient (Wildman–Crippen LogP) is 2.54. The van der Waals surface area contributed by atoms with Crippen LogP contribution in [0, 0.1) is 5.92 Å². The van der Waals surface area contributed by atoms with Gasteiger partial charge in [-0.25, -0.2) is 0 Å². The Balaban J connectivity index is 2.21. The molecule has 0 bridgehead atoms. The van der Waals surface area contributed by atoms with Gasteiger partial charge in [0.25, 0.3) is 0 Å². The number of allylic oxidation sites excluding steroid dienone is 1. The van der Waals surface area contributed by atoms with E-state index in [0.29, 0.717) is 0 Å². The summed E-state index contributed by atoms with van der Waals surface area (Å²) in [5, 5.41) is 7.82. The van der Waals surface area contributed by atoms with E-state index in [4.69, 9.17) is 0 Å². The van der Waals surface area contributed by atoms with Gasteiger partial charge in [-0.15, -0.1) is 0 Å². The first kappa shape index (κ1) is 14.0. The normalized spacial score (nSPS) is 12.4. The molecule has 0 saturated carbocycles. The van der Waals surface area contributed by atoms with Crippen molar-refractivity contribution in [2.24, 2.45) is 13.0 Å². The van der Waals surface area contributed by atoms with Crippen LogP contribution in [0.25, 0.3) is 0 Å². The Labute approximate surface area is 105 Å². The summed E-state index contributed by atoms with van der Waals surface area (Å²) >= 11 is 0. The van der Waals surface area contributed by atoms with E-state index in [1.807, 2.05) is 17.9 Å². The third kappa shape index (κ3) is 6.27. The molecule has 0 aliphatic rings. The molecule has 0 amide bonds. The molecule has 1 rings (SSSR count). The van der Waals surface area contributed by atoms with Crippen molar-refractivity contribution in [1.29, 1.82) is 0 Å². The van der Waals surface area contributed by atoms with Gasteiger partial charge in [0.05, 0.1) is 5.69 Å². The van der Waals surface area contributed by atoms with E-state index >= 15 is 0 Å². The second kappa shape index (κ2) is 7.28. The van der Waals surface area contributed by atoms with Crippen molar-refractivity contribution in [3.8, 4) is 0 Å². The third-order valence-corrected chi connectivity index (χ3v) is 2.60. The number of hydrogen-bond acceptors (Lipinski definition) is 2. The first-order chi connectivity index (χ1) is 8.08. The van der Waals surface area contributed by atoms with Gasteiger partial charge in [-0.3, -0.25) is 4.68 Å². The molecule has 0 radical (unpaired) electrons. The zero-order chi connectivity index (χ0) is 12.7. The second-order valence-electron chi connectivity index (χ2n) is 5.09. The van der Waals surface area contributed by atoms with Crippen molar-refractivity contribution in [3.05, 3.63) is 29.6 Å². The van der Waals surface area contributed by atoms with Crippen molar-refractivity contribution in [2.75, 3.05) is 13.1 Å². The molecule has 0 fully saturated rings. The molecular formula is C14H25N3. The summed E-state index contributed by atoms with van der Waals surface area (Å²) in [6, 6.07) is 2.08.